The third kappa shape index (κ3) is 2.43. The van der Waals surface area contributed by atoms with E-state index < -0.39 is 5.41 Å². The summed E-state index contributed by atoms with van der Waals surface area (Å²) in [5.41, 5.74) is -0.375. The maximum absolute atomic E-state index is 13.2. The number of ether oxygens (including phenoxy) is 1. The number of carbonyl (C=O) groups is 3. The van der Waals surface area contributed by atoms with Gasteiger partial charge in [-0.1, -0.05) is 13.8 Å². The molecule has 4 nitrogen and oxygen atoms in total. The standard InChI is InChI=1S/C21H30O4/c1-12(22)25-14-8-9-20(2)13(10-14)4-5-15-16-6-7-18(24)21(16,3)11-17(23)19(15)20/h13-16,19H,4-11H2,1-3H3/t13?,14-,15?,16?,19?,20-,21-/m0/s1. The van der Waals surface area contributed by atoms with Gasteiger partial charge in [0.25, 0.3) is 0 Å². The number of rotatable bonds is 1. The smallest absolute Gasteiger partial charge is 0.302 e. The first-order valence-electron chi connectivity index (χ1n) is 9.99. The maximum atomic E-state index is 13.2. The van der Waals surface area contributed by atoms with Crippen molar-refractivity contribution >= 4 is 17.5 Å². The molecule has 4 unspecified atom stereocenters. The van der Waals surface area contributed by atoms with Crippen LogP contribution in [0.3, 0.4) is 0 Å². The quantitative estimate of drug-likeness (QED) is 0.679. The van der Waals surface area contributed by atoms with Crippen LogP contribution in [0.25, 0.3) is 0 Å². The van der Waals surface area contributed by atoms with Crippen LogP contribution in [0.15, 0.2) is 0 Å². The number of hydrogen-bond acceptors (Lipinski definition) is 4. The van der Waals surface area contributed by atoms with Gasteiger partial charge in [-0.15, -0.1) is 0 Å². The van der Waals surface area contributed by atoms with Gasteiger partial charge in [0.2, 0.25) is 0 Å². The fourth-order valence-electron chi connectivity index (χ4n) is 7.15. The predicted molar refractivity (Wildman–Crippen MR) is 92.7 cm³/mol. The molecule has 7 atom stereocenters. The summed E-state index contributed by atoms with van der Waals surface area (Å²) in [6, 6.07) is 0. The molecule has 0 amide bonds. The maximum Gasteiger partial charge on any atom is 0.302 e. The molecule has 0 aromatic carbocycles. The second-order valence-corrected chi connectivity index (χ2v) is 9.56. The van der Waals surface area contributed by atoms with Crippen LogP contribution in [-0.4, -0.2) is 23.6 Å². The van der Waals surface area contributed by atoms with Crippen LogP contribution in [0.2, 0.25) is 0 Å². The highest BCUT2D eigenvalue weighted by Crippen LogP contribution is 2.64. The van der Waals surface area contributed by atoms with Crippen molar-refractivity contribution in [2.24, 2.45) is 34.5 Å². The van der Waals surface area contributed by atoms with Crippen molar-refractivity contribution in [2.75, 3.05) is 0 Å². The second-order valence-electron chi connectivity index (χ2n) is 9.56. The molecule has 25 heavy (non-hydrogen) atoms. The van der Waals surface area contributed by atoms with Gasteiger partial charge in [-0.25, -0.2) is 0 Å². The van der Waals surface area contributed by atoms with E-state index in [1.54, 1.807) is 0 Å². The van der Waals surface area contributed by atoms with Crippen molar-refractivity contribution in [3.05, 3.63) is 0 Å². The first-order chi connectivity index (χ1) is 11.8. The minimum absolute atomic E-state index is 0.0175. The van der Waals surface area contributed by atoms with Gasteiger partial charge in [0.05, 0.1) is 0 Å². The molecule has 0 aromatic rings. The molecule has 4 saturated carbocycles. The molecule has 4 fully saturated rings. The molecule has 0 radical (unpaired) electrons. The lowest BCUT2D eigenvalue weighted by Crippen LogP contribution is -2.57. The zero-order valence-corrected chi connectivity index (χ0v) is 15.7. The van der Waals surface area contributed by atoms with E-state index in [9.17, 15) is 14.4 Å². The summed E-state index contributed by atoms with van der Waals surface area (Å²) < 4.78 is 5.48. The van der Waals surface area contributed by atoms with Crippen molar-refractivity contribution in [3.8, 4) is 0 Å². The molecular weight excluding hydrogens is 316 g/mol. The van der Waals surface area contributed by atoms with Crippen molar-refractivity contribution in [3.63, 3.8) is 0 Å². The van der Waals surface area contributed by atoms with Crippen LogP contribution >= 0.6 is 0 Å². The third-order valence-electron chi connectivity index (χ3n) is 8.35. The van der Waals surface area contributed by atoms with Crippen LogP contribution in [0.4, 0.5) is 0 Å². The third-order valence-corrected chi connectivity index (χ3v) is 8.35. The highest BCUT2D eigenvalue weighted by atomic mass is 16.5. The molecule has 0 N–H and O–H groups in total. The van der Waals surface area contributed by atoms with Gasteiger partial charge in [0.15, 0.2) is 0 Å². The number of Topliss-reactive ketones (excluding diaryl/α,β-unsaturated/α-hetero) is 2. The zero-order chi connectivity index (χ0) is 18.0. The minimum Gasteiger partial charge on any atom is -0.463 e. The van der Waals surface area contributed by atoms with Crippen LogP contribution in [0.5, 0.6) is 0 Å². The number of carbonyl (C=O) groups excluding carboxylic acids is 3. The lowest BCUT2D eigenvalue weighted by Gasteiger charge is -2.59. The van der Waals surface area contributed by atoms with E-state index in [0.717, 1.165) is 38.5 Å². The van der Waals surface area contributed by atoms with Crippen LogP contribution in [0, 0.1) is 34.5 Å². The average molecular weight is 346 g/mol. The number of fused-ring (bicyclic) bond motifs is 5. The van der Waals surface area contributed by atoms with E-state index in [0.29, 0.717) is 42.2 Å². The lowest BCUT2D eigenvalue weighted by molar-refractivity contribution is -0.168. The Labute approximate surface area is 150 Å². The predicted octanol–water partition coefficient (Wildman–Crippen LogP) is 3.71. The second kappa shape index (κ2) is 5.65. The Balaban J connectivity index is 1.60. The molecule has 4 heteroatoms. The molecular formula is C21H30O4. The summed E-state index contributed by atoms with van der Waals surface area (Å²) in [7, 11) is 0. The van der Waals surface area contributed by atoms with Crippen molar-refractivity contribution in [1.82, 2.24) is 0 Å². The Bertz CT molecular complexity index is 625. The molecule has 0 saturated heterocycles. The molecule has 138 valence electrons. The van der Waals surface area contributed by atoms with E-state index >= 15 is 0 Å². The Kier molecular flexibility index (Phi) is 3.90. The van der Waals surface area contributed by atoms with E-state index in [-0.39, 0.29) is 23.4 Å². The van der Waals surface area contributed by atoms with Gasteiger partial charge >= 0.3 is 5.97 Å². The molecule has 0 bridgehead atoms. The van der Waals surface area contributed by atoms with Gasteiger partial charge in [0.1, 0.15) is 17.7 Å². The normalized spacial score (nSPS) is 49.2. The van der Waals surface area contributed by atoms with Crippen LogP contribution in [0.1, 0.15) is 72.1 Å². The SMILES string of the molecule is CC(=O)O[C@H]1CC[C@@]2(C)C(CCC3C2C(=O)C[C@]2(C)C(=O)CCC32)C1. The summed E-state index contributed by atoms with van der Waals surface area (Å²) in [6.07, 6.45) is 6.97. The Morgan fingerprint density at radius 3 is 2.60 bits per heavy atom. The molecule has 0 aromatic heterocycles. The van der Waals surface area contributed by atoms with Crippen molar-refractivity contribution in [2.45, 2.75) is 78.2 Å². The fraction of sp³-hybridized carbons (Fsp3) is 0.857. The molecule has 4 aliphatic carbocycles. The van der Waals surface area contributed by atoms with E-state index in [2.05, 4.69) is 6.92 Å². The van der Waals surface area contributed by atoms with Crippen LogP contribution < -0.4 is 0 Å². The topological polar surface area (TPSA) is 60.4 Å². The van der Waals surface area contributed by atoms with E-state index in [1.165, 1.54) is 6.92 Å². The Hall–Kier alpha value is -1.19. The summed E-state index contributed by atoms with van der Waals surface area (Å²) in [5.74, 6) is 1.78. The summed E-state index contributed by atoms with van der Waals surface area (Å²) >= 11 is 0. The van der Waals surface area contributed by atoms with E-state index in [1.807, 2.05) is 6.92 Å². The molecule has 0 aliphatic heterocycles. The van der Waals surface area contributed by atoms with Gasteiger partial charge in [0, 0.05) is 31.1 Å². The summed E-state index contributed by atoms with van der Waals surface area (Å²) in [6.45, 7) is 5.83. The minimum atomic E-state index is -0.392. The van der Waals surface area contributed by atoms with Crippen molar-refractivity contribution in [1.29, 1.82) is 0 Å². The molecule has 0 heterocycles. The first kappa shape index (κ1) is 17.2. The van der Waals surface area contributed by atoms with Crippen LogP contribution in [-0.2, 0) is 19.1 Å². The molecule has 4 aliphatic rings. The number of ketones is 2. The van der Waals surface area contributed by atoms with Crippen molar-refractivity contribution < 1.29 is 19.1 Å². The summed E-state index contributed by atoms with van der Waals surface area (Å²) in [4.78, 5) is 37.0. The highest BCUT2D eigenvalue weighted by molar-refractivity contribution is 5.95. The number of esters is 1. The molecule has 0 spiro atoms. The largest absolute Gasteiger partial charge is 0.463 e. The van der Waals surface area contributed by atoms with Gasteiger partial charge in [-0.05, 0) is 61.7 Å². The van der Waals surface area contributed by atoms with Gasteiger partial charge in [-0.3, -0.25) is 14.4 Å². The number of hydrogen-bond donors (Lipinski definition) is 0. The Morgan fingerprint density at radius 2 is 1.88 bits per heavy atom. The first-order valence-corrected chi connectivity index (χ1v) is 9.99. The average Bonchev–Trinajstić information content (AvgIpc) is 2.82. The zero-order valence-electron chi connectivity index (χ0n) is 15.7. The van der Waals surface area contributed by atoms with Gasteiger partial charge < -0.3 is 4.74 Å². The highest BCUT2D eigenvalue weighted by Gasteiger charge is 2.63. The molecule has 4 rings (SSSR count). The van der Waals surface area contributed by atoms with E-state index in [4.69, 9.17) is 4.74 Å². The fourth-order valence-corrected chi connectivity index (χ4v) is 7.15. The monoisotopic (exact) mass is 346 g/mol. The summed E-state index contributed by atoms with van der Waals surface area (Å²) in [5, 5.41) is 0. The van der Waals surface area contributed by atoms with Gasteiger partial charge in [-0.2, -0.15) is 0 Å². The lowest BCUT2D eigenvalue weighted by atomic mass is 9.45. The Morgan fingerprint density at radius 1 is 1.12 bits per heavy atom.